The molecule has 0 saturated heterocycles. The van der Waals surface area contributed by atoms with Crippen molar-refractivity contribution >= 4 is 24.6 Å². The van der Waals surface area contributed by atoms with E-state index in [9.17, 15) is 19.2 Å². The number of hydrogen-bond donors (Lipinski definition) is 0. The van der Waals surface area contributed by atoms with Crippen LogP contribution in [0, 0.1) is 0 Å². The van der Waals surface area contributed by atoms with Crippen LogP contribution in [0.25, 0.3) is 0 Å². The molecule has 0 spiro atoms. The lowest BCUT2D eigenvalue weighted by Crippen LogP contribution is -2.53. The van der Waals surface area contributed by atoms with Gasteiger partial charge in [0.25, 0.3) is 0 Å². The van der Waals surface area contributed by atoms with Crippen LogP contribution in [0.3, 0.4) is 0 Å². The van der Waals surface area contributed by atoms with E-state index in [1.165, 1.54) is 12.2 Å². The summed E-state index contributed by atoms with van der Waals surface area (Å²) in [7, 11) is 4.21. The van der Waals surface area contributed by atoms with E-state index in [1.807, 2.05) is 0 Å². The van der Waals surface area contributed by atoms with Crippen LogP contribution in [-0.4, -0.2) is 77.5 Å². The van der Waals surface area contributed by atoms with Gasteiger partial charge in [0.05, 0.1) is 28.4 Å². The van der Waals surface area contributed by atoms with Gasteiger partial charge in [0.1, 0.15) is 0 Å². The Morgan fingerprint density at radius 1 is 0.538 bits per heavy atom. The zero-order valence-corrected chi connectivity index (χ0v) is 14.4. The van der Waals surface area contributed by atoms with E-state index in [-0.39, 0.29) is 0 Å². The first-order valence-corrected chi connectivity index (χ1v) is 7.03. The van der Waals surface area contributed by atoms with Gasteiger partial charge in [0, 0.05) is 0 Å². The van der Waals surface area contributed by atoms with Gasteiger partial charge in [-0.15, -0.1) is 0 Å². The Morgan fingerprint density at radius 2 is 0.808 bits per heavy atom. The molecule has 0 aromatic heterocycles. The van der Waals surface area contributed by atoms with E-state index in [0.29, 0.717) is 0 Å². The second-order valence-electron chi connectivity index (χ2n) is 4.53. The van der Waals surface area contributed by atoms with Crippen LogP contribution >= 0.6 is 0 Å². The van der Waals surface area contributed by atoms with Crippen LogP contribution in [-0.2, 0) is 37.9 Å². The first-order chi connectivity index (χ1) is 12.4. The van der Waals surface area contributed by atoms with Crippen molar-refractivity contribution in [1.82, 2.24) is 0 Å². The summed E-state index contributed by atoms with van der Waals surface area (Å²) in [6, 6.07) is 0. The summed E-state index contributed by atoms with van der Waals surface area (Å²) < 4.78 is 37.4. The maximum Gasteiger partial charge on any atom is 0.508 e. The molecule has 0 aromatic rings. The van der Waals surface area contributed by atoms with Crippen molar-refractivity contribution < 1.29 is 57.1 Å². The Balaban J connectivity index is 3.17. The minimum Gasteiger partial charge on any atom is -0.438 e. The molecule has 0 fully saturated rings. The molecule has 26 heavy (non-hydrogen) atoms. The fraction of sp³-hybridized carbons (Fsp3) is 0.571. The van der Waals surface area contributed by atoms with E-state index < -0.39 is 49.0 Å². The Labute approximate surface area is 147 Å². The van der Waals surface area contributed by atoms with Gasteiger partial charge in [-0.25, -0.2) is 19.2 Å². The average molecular weight is 378 g/mol. The van der Waals surface area contributed by atoms with Gasteiger partial charge in [-0.3, -0.25) is 0 Å². The van der Waals surface area contributed by atoms with Gasteiger partial charge in [0.2, 0.25) is 0 Å². The predicted octanol–water partition coefficient (Wildman–Crippen LogP) is 1.16. The number of rotatable bonds is 4. The van der Waals surface area contributed by atoms with Crippen molar-refractivity contribution in [3.63, 3.8) is 0 Å². The monoisotopic (exact) mass is 378 g/mol. The molecule has 1 aliphatic carbocycles. The Hall–Kier alpha value is -3.18. The van der Waals surface area contributed by atoms with Crippen molar-refractivity contribution in [3.8, 4) is 0 Å². The van der Waals surface area contributed by atoms with Crippen molar-refractivity contribution in [2.75, 3.05) is 28.4 Å². The van der Waals surface area contributed by atoms with Crippen LogP contribution in [0.5, 0.6) is 0 Å². The molecule has 0 N–H and O–H groups in total. The number of carbonyl (C=O) groups is 4. The average Bonchev–Trinajstić information content (AvgIpc) is 2.65. The Morgan fingerprint density at radius 3 is 1.08 bits per heavy atom. The second-order valence-corrected chi connectivity index (χ2v) is 4.53. The van der Waals surface area contributed by atoms with Gasteiger partial charge in [-0.05, 0) is 12.2 Å². The van der Waals surface area contributed by atoms with Gasteiger partial charge >= 0.3 is 24.6 Å². The van der Waals surface area contributed by atoms with E-state index in [4.69, 9.17) is 18.9 Å². The van der Waals surface area contributed by atoms with Crippen molar-refractivity contribution in [3.05, 3.63) is 12.2 Å². The summed E-state index contributed by atoms with van der Waals surface area (Å²) in [6.07, 6.45) is -7.41. The Bertz CT molecular complexity index is 508. The smallest absolute Gasteiger partial charge is 0.438 e. The van der Waals surface area contributed by atoms with Crippen LogP contribution < -0.4 is 0 Å². The molecule has 0 heterocycles. The maximum absolute atomic E-state index is 11.5. The lowest BCUT2D eigenvalue weighted by atomic mass is 9.95. The number of carbonyl (C=O) groups excluding carboxylic acids is 4. The van der Waals surface area contributed by atoms with Crippen LogP contribution in [0.1, 0.15) is 0 Å². The molecule has 0 aliphatic heterocycles. The molecular formula is C14H18O12. The molecule has 1 rings (SSSR count). The molecule has 146 valence electrons. The van der Waals surface area contributed by atoms with Gasteiger partial charge in [-0.2, -0.15) is 0 Å². The predicted molar refractivity (Wildman–Crippen MR) is 78.3 cm³/mol. The third-order valence-electron chi connectivity index (χ3n) is 3.06. The van der Waals surface area contributed by atoms with Gasteiger partial charge in [0.15, 0.2) is 24.4 Å². The van der Waals surface area contributed by atoms with Crippen LogP contribution in [0.4, 0.5) is 19.2 Å². The largest absolute Gasteiger partial charge is 0.508 e. The second kappa shape index (κ2) is 9.96. The molecule has 4 atom stereocenters. The topological polar surface area (TPSA) is 142 Å². The molecule has 0 bridgehead atoms. The summed E-state index contributed by atoms with van der Waals surface area (Å²) >= 11 is 0. The fourth-order valence-corrected chi connectivity index (χ4v) is 1.93. The minimum atomic E-state index is -1.44. The summed E-state index contributed by atoms with van der Waals surface area (Å²) in [5.41, 5.74) is 0. The standard InChI is InChI=1S/C14H18O12/c1-19-11(15)23-7-5-6-8(24-12(16)20-2)10(26-14(18)22-4)9(7)25-13(17)21-3/h5-10H,1-4H3/t7-,8-,9+,10+/m1/s1. The normalized spacial score (nSPS) is 23.8. The first kappa shape index (κ1) is 20.9. The SMILES string of the molecule is COC(=O)O[C@@H]1[C@@H](OC(=O)OC)[C@H](OC(=O)OC)C=C[C@H]1OC(=O)OC. The molecule has 1 aliphatic rings. The van der Waals surface area contributed by atoms with E-state index in [0.717, 1.165) is 28.4 Å². The lowest BCUT2D eigenvalue weighted by molar-refractivity contribution is -0.127. The van der Waals surface area contributed by atoms with Crippen molar-refractivity contribution in [2.24, 2.45) is 0 Å². The zero-order valence-electron chi connectivity index (χ0n) is 14.4. The molecular weight excluding hydrogens is 360 g/mol. The highest BCUT2D eigenvalue weighted by atomic mass is 16.8. The van der Waals surface area contributed by atoms with E-state index in [1.54, 1.807) is 0 Å². The molecule has 0 amide bonds. The fourth-order valence-electron chi connectivity index (χ4n) is 1.93. The highest BCUT2D eigenvalue weighted by molar-refractivity contribution is 5.63. The third kappa shape index (κ3) is 5.72. The number of methoxy groups -OCH3 is 4. The molecule has 0 saturated carbocycles. The lowest BCUT2D eigenvalue weighted by Gasteiger charge is -2.35. The van der Waals surface area contributed by atoms with Crippen LogP contribution in [0.2, 0.25) is 0 Å². The van der Waals surface area contributed by atoms with E-state index >= 15 is 0 Å². The number of hydrogen-bond acceptors (Lipinski definition) is 12. The van der Waals surface area contributed by atoms with E-state index in [2.05, 4.69) is 18.9 Å². The van der Waals surface area contributed by atoms with Gasteiger partial charge < -0.3 is 37.9 Å². The minimum absolute atomic E-state index is 1.04. The zero-order chi connectivity index (χ0) is 19.7. The van der Waals surface area contributed by atoms with Crippen LogP contribution in [0.15, 0.2) is 12.2 Å². The number of ether oxygens (including phenoxy) is 8. The highest BCUT2D eigenvalue weighted by Gasteiger charge is 2.46. The summed E-state index contributed by atoms with van der Waals surface area (Å²) in [6.45, 7) is 0. The summed E-state index contributed by atoms with van der Waals surface area (Å²) in [5, 5.41) is 0. The Kier molecular flexibility index (Phi) is 7.99. The first-order valence-electron chi connectivity index (χ1n) is 7.03. The highest BCUT2D eigenvalue weighted by Crippen LogP contribution is 2.26. The molecule has 12 heteroatoms. The quantitative estimate of drug-likeness (QED) is 0.393. The third-order valence-corrected chi connectivity index (χ3v) is 3.06. The summed E-state index contributed by atoms with van der Waals surface area (Å²) in [5.74, 6) is 0. The van der Waals surface area contributed by atoms with Crippen molar-refractivity contribution in [2.45, 2.75) is 24.4 Å². The maximum atomic E-state index is 11.5. The molecule has 0 unspecified atom stereocenters. The molecule has 0 aromatic carbocycles. The molecule has 0 radical (unpaired) electrons. The molecule has 12 nitrogen and oxygen atoms in total. The summed E-state index contributed by atoms with van der Waals surface area (Å²) in [4.78, 5) is 45.8. The van der Waals surface area contributed by atoms with Crippen molar-refractivity contribution in [1.29, 1.82) is 0 Å². The van der Waals surface area contributed by atoms with Gasteiger partial charge in [-0.1, -0.05) is 0 Å².